The van der Waals surface area contributed by atoms with E-state index < -0.39 is 0 Å². The van der Waals surface area contributed by atoms with Gasteiger partial charge in [0.1, 0.15) is 5.82 Å². The zero-order valence-corrected chi connectivity index (χ0v) is 22.2. The van der Waals surface area contributed by atoms with Gasteiger partial charge in [-0.3, -0.25) is 4.90 Å². The molecule has 0 radical (unpaired) electrons. The van der Waals surface area contributed by atoms with Crippen molar-refractivity contribution in [3.63, 3.8) is 0 Å². The first-order valence-corrected chi connectivity index (χ1v) is 12.8. The van der Waals surface area contributed by atoms with Crippen molar-refractivity contribution in [2.45, 2.75) is 68.9 Å². The topological polar surface area (TPSA) is 80.7 Å². The molecule has 1 unspecified atom stereocenters. The molecule has 1 saturated heterocycles. The number of aromatic nitrogens is 3. The first kappa shape index (κ1) is 25.5. The fourth-order valence-corrected chi connectivity index (χ4v) is 7.06. The summed E-state index contributed by atoms with van der Waals surface area (Å²) in [4.78, 5) is 7.91. The number of nitrogens with zero attached hydrogens (tertiary/aromatic N) is 4. The fourth-order valence-electron chi connectivity index (χ4n) is 6.71. The van der Waals surface area contributed by atoms with Crippen LogP contribution in [-0.4, -0.2) is 64.4 Å². The molecule has 4 aliphatic rings. The van der Waals surface area contributed by atoms with Gasteiger partial charge in [0.25, 0.3) is 0 Å². The van der Waals surface area contributed by atoms with Gasteiger partial charge in [-0.05, 0) is 60.4 Å². The number of nitrogens with two attached hydrogens (primary N) is 1. The highest BCUT2D eigenvalue weighted by atomic mass is 79.9. The fraction of sp³-hybridized carbons (Fsp3) is 0.739. The Bertz CT molecular complexity index is 976. The second-order valence-electron chi connectivity index (χ2n) is 10.1. The van der Waals surface area contributed by atoms with Crippen LogP contribution in [0.2, 0.25) is 0 Å². The number of hydrogen-bond donors (Lipinski definition) is 2. The van der Waals surface area contributed by atoms with E-state index >= 15 is 0 Å². The van der Waals surface area contributed by atoms with E-state index in [-0.39, 0.29) is 30.2 Å². The Labute approximate surface area is 216 Å². The summed E-state index contributed by atoms with van der Waals surface area (Å²) < 4.78 is 8.62. The minimum atomic E-state index is 0. The van der Waals surface area contributed by atoms with Crippen LogP contribution in [0.5, 0.6) is 0 Å². The molecule has 3 atom stereocenters. The molecular formula is C23H35BrCl2N6O. The molecule has 2 aromatic rings. The second-order valence-corrected chi connectivity index (χ2v) is 11.0. The number of hydrogen-bond acceptors (Lipinski definition) is 6. The van der Waals surface area contributed by atoms with Crippen molar-refractivity contribution >= 4 is 52.2 Å². The Balaban J connectivity index is 0.00000130. The van der Waals surface area contributed by atoms with Gasteiger partial charge in [0, 0.05) is 42.7 Å². The van der Waals surface area contributed by atoms with Crippen LogP contribution >= 0.6 is 40.7 Å². The average molecular weight is 562 g/mol. The number of rotatable bonds is 4. The van der Waals surface area contributed by atoms with Gasteiger partial charge < -0.3 is 15.8 Å². The zero-order chi connectivity index (χ0) is 21.0. The highest BCUT2D eigenvalue weighted by Crippen LogP contribution is 2.54. The molecule has 2 aromatic heterocycles. The smallest absolute Gasteiger partial charge is 0.171 e. The molecule has 3 fully saturated rings. The Kier molecular flexibility index (Phi) is 7.83. The minimum Gasteiger partial charge on any atom is -0.379 e. The lowest BCUT2D eigenvalue weighted by atomic mass is 9.75. The molecule has 2 saturated carbocycles. The Morgan fingerprint density at radius 2 is 1.94 bits per heavy atom. The number of halogens is 3. The third-order valence-corrected chi connectivity index (χ3v) is 8.86. The van der Waals surface area contributed by atoms with Gasteiger partial charge in [0.2, 0.25) is 0 Å². The van der Waals surface area contributed by atoms with Crippen molar-refractivity contribution in [3.05, 3.63) is 21.9 Å². The molecule has 0 bridgehead atoms. The molecule has 1 spiro atoms. The maximum Gasteiger partial charge on any atom is 0.171 e. The summed E-state index contributed by atoms with van der Waals surface area (Å²) in [5, 5.41) is 8.58. The largest absolute Gasteiger partial charge is 0.379 e. The average Bonchev–Trinajstić information content (AvgIpc) is 3.55. The van der Waals surface area contributed by atoms with Crippen LogP contribution in [0.1, 0.15) is 56.2 Å². The number of morpholine rings is 1. The molecule has 3 heterocycles. The summed E-state index contributed by atoms with van der Waals surface area (Å²) >= 11 is 3.71. The molecule has 184 valence electrons. The van der Waals surface area contributed by atoms with Gasteiger partial charge in [-0.2, -0.15) is 9.61 Å². The highest BCUT2D eigenvalue weighted by Gasteiger charge is 2.51. The zero-order valence-electron chi connectivity index (χ0n) is 19.0. The summed E-state index contributed by atoms with van der Waals surface area (Å²) in [5.74, 6) is 1.79. The first-order valence-electron chi connectivity index (χ1n) is 12.0. The van der Waals surface area contributed by atoms with Gasteiger partial charge >= 0.3 is 0 Å². The van der Waals surface area contributed by atoms with Gasteiger partial charge in [-0.1, -0.05) is 12.8 Å². The quantitative estimate of drug-likeness (QED) is 0.588. The van der Waals surface area contributed by atoms with Crippen LogP contribution in [0.4, 0.5) is 5.82 Å². The van der Waals surface area contributed by atoms with Crippen molar-refractivity contribution in [2.24, 2.45) is 11.7 Å². The Morgan fingerprint density at radius 1 is 1.18 bits per heavy atom. The number of ether oxygens (including phenoxy) is 1. The van der Waals surface area contributed by atoms with E-state index in [4.69, 9.17) is 20.6 Å². The first-order chi connectivity index (χ1) is 15.1. The van der Waals surface area contributed by atoms with Gasteiger partial charge in [-0.25, -0.2) is 4.98 Å². The Hall–Kier alpha value is -0.640. The molecule has 6 rings (SSSR count). The highest BCUT2D eigenvalue weighted by molar-refractivity contribution is 9.10. The lowest BCUT2D eigenvalue weighted by Crippen LogP contribution is -2.43. The molecule has 33 heavy (non-hydrogen) atoms. The predicted molar refractivity (Wildman–Crippen MR) is 139 cm³/mol. The summed E-state index contributed by atoms with van der Waals surface area (Å²) in [6, 6.07) is 0.730. The third kappa shape index (κ3) is 4.40. The lowest BCUT2D eigenvalue weighted by Gasteiger charge is -2.36. The number of anilines is 1. The summed E-state index contributed by atoms with van der Waals surface area (Å²) in [6.45, 7) is 4.98. The van der Waals surface area contributed by atoms with E-state index in [0.717, 1.165) is 68.7 Å². The van der Waals surface area contributed by atoms with Crippen LogP contribution in [0.3, 0.4) is 0 Å². The van der Waals surface area contributed by atoms with Crippen molar-refractivity contribution in [2.75, 3.05) is 38.2 Å². The van der Waals surface area contributed by atoms with E-state index in [2.05, 4.69) is 26.1 Å². The molecular weight excluding hydrogens is 527 g/mol. The van der Waals surface area contributed by atoms with Crippen molar-refractivity contribution in [3.8, 4) is 0 Å². The van der Waals surface area contributed by atoms with Crippen LogP contribution < -0.4 is 11.1 Å². The second kappa shape index (κ2) is 10.2. The molecule has 1 aliphatic heterocycles. The predicted octanol–water partition coefficient (Wildman–Crippen LogP) is 3.94. The van der Waals surface area contributed by atoms with Crippen LogP contribution in [0, 0.1) is 5.92 Å². The van der Waals surface area contributed by atoms with Gasteiger partial charge in [0.05, 0.1) is 29.6 Å². The van der Waals surface area contributed by atoms with Crippen LogP contribution in [0.15, 0.2) is 10.7 Å². The lowest BCUT2D eigenvalue weighted by molar-refractivity contribution is 0.0246. The monoisotopic (exact) mass is 560 g/mol. The molecule has 7 nitrogen and oxygen atoms in total. The van der Waals surface area contributed by atoms with Crippen molar-refractivity contribution in [1.29, 1.82) is 0 Å². The van der Waals surface area contributed by atoms with Crippen LogP contribution in [-0.2, 0) is 16.6 Å². The molecule has 0 aromatic carbocycles. The maximum absolute atomic E-state index is 6.23. The van der Waals surface area contributed by atoms with Crippen LogP contribution in [0.25, 0.3) is 5.65 Å². The van der Waals surface area contributed by atoms with E-state index in [1.165, 1.54) is 42.8 Å². The summed E-state index contributed by atoms with van der Waals surface area (Å²) in [7, 11) is 0. The van der Waals surface area contributed by atoms with E-state index in [9.17, 15) is 0 Å². The maximum atomic E-state index is 6.23. The number of nitrogens with one attached hydrogen (secondary N) is 1. The van der Waals surface area contributed by atoms with Crippen molar-refractivity contribution < 1.29 is 4.74 Å². The molecule has 0 amide bonds. The normalized spacial score (nSPS) is 28.6. The van der Waals surface area contributed by atoms with E-state index in [1.807, 2.05) is 10.7 Å². The Morgan fingerprint density at radius 3 is 2.64 bits per heavy atom. The third-order valence-electron chi connectivity index (χ3n) is 8.30. The summed E-state index contributed by atoms with van der Waals surface area (Å²) in [6.07, 6.45) is 11.4. The minimum absolute atomic E-state index is 0. The van der Waals surface area contributed by atoms with Gasteiger partial charge in [-0.15, -0.1) is 24.8 Å². The molecule has 3 aliphatic carbocycles. The van der Waals surface area contributed by atoms with E-state index in [0.29, 0.717) is 18.0 Å². The van der Waals surface area contributed by atoms with Crippen molar-refractivity contribution in [1.82, 2.24) is 19.5 Å². The number of fused-ring (bicyclic) bond motifs is 3. The van der Waals surface area contributed by atoms with E-state index in [1.54, 1.807) is 0 Å². The molecule has 3 N–H and O–H groups in total. The molecule has 10 heteroatoms. The van der Waals surface area contributed by atoms with Gasteiger partial charge in [0.15, 0.2) is 5.65 Å². The SMILES string of the molecule is Cl.Cl.N[C@H]1CC[C@H](Nc2c3c(nc4c(Br)cnn24)C2(CCCC2)C(CN2CCOCC2)C3)C1. The summed E-state index contributed by atoms with van der Waals surface area (Å²) in [5.41, 5.74) is 10.1. The standard InChI is InChI=1S/C23H33BrN6O.2ClH/c24-19-13-26-30-21(27-17-4-3-16(25)12-17)18-11-15(14-29-7-9-31-10-8-29)23(5-1-2-6-23)20(18)28-22(19)30;;/h13,15-17,27H,1-12,14,25H2;2*1H/t15?,16-,17-;;/m0../s1.